The van der Waals surface area contributed by atoms with Gasteiger partial charge in [-0.1, -0.05) is 48.5 Å². The summed E-state index contributed by atoms with van der Waals surface area (Å²) in [6.07, 6.45) is 6.77. The molecule has 2 bridgehead atoms. The SMILES string of the molecule is COC=C1CC2CCCC(C1)N2C(=O)OCC1c2ccccc2-c2ccccc21. The Hall–Kier alpha value is -2.75. The molecule has 2 aliphatic heterocycles. The van der Waals surface area contributed by atoms with Gasteiger partial charge in [0.15, 0.2) is 0 Å². The number of amides is 1. The summed E-state index contributed by atoms with van der Waals surface area (Å²) in [6, 6.07) is 17.4. The van der Waals surface area contributed by atoms with E-state index in [9.17, 15) is 4.79 Å². The van der Waals surface area contributed by atoms with E-state index >= 15 is 0 Å². The Bertz CT molecular complexity index is 889. The molecule has 150 valence electrons. The van der Waals surface area contributed by atoms with Crippen LogP contribution in [0.3, 0.4) is 0 Å². The number of hydrogen-bond acceptors (Lipinski definition) is 3. The van der Waals surface area contributed by atoms with Crippen LogP contribution >= 0.6 is 0 Å². The van der Waals surface area contributed by atoms with Gasteiger partial charge in [-0.05, 0) is 59.9 Å². The molecule has 3 aliphatic rings. The van der Waals surface area contributed by atoms with E-state index in [1.165, 1.54) is 34.2 Å². The smallest absolute Gasteiger partial charge is 0.410 e. The summed E-state index contributed by atoms with van der Waals surface area (Å²) in [5.41, 5.74) is 6.34. The highest BCUT2D eigenvalue weighted by Gasteiger charge is 2.40. The highest BCUT2D eigenvalue weighted by atomic mass is 16.6. The summed E-state index contributed by atoms with van der Waals surface area (Å²) in [7, 11) is 1.70. The number of benzene rings is 2. The fourth-order valence-electron chi connectivity index (χ4n) is 5.48. The van der Waals surface area contributed by atoms with Crippen LogP contribution in [-0.2, 0) is 9.47 Å². The van der Waals surface area contributed by atoms with Crippen molar-refractivity contribution in [1.82, 2.24) is 4.90 Å². The number of carbonyl (C=O) groups excluding carboxylic acids is 1. The van der Waals surface area contributed by atoms with Crippen molar-refractivity contribution in [2.45, 2.75) is 50.1 Å². The topological polar surface area (TPSA) is 38.8 Å². The fraction of sp³-hybridized carbons (Fsp3) is 0.400. The first kappa shape index (κ1) is 18.3. The van der Waals surface area contributed by atoms with E-state index in [1.807, 2.05) is 11.2 Å². The molecule has 2 aromatic rings. The predicted octanol–water partition coefficient (Wildman–Crippen LogP) is 5.48. The van der Waals surface area contributed by atoms with Crippen molar-refractivity contribution in [2.24, 2.45) is 0 Å². The van der Waals surface area contributed by atoms with Gasteiger partial charge in [0.25, 0.3) is 0 Å². The Balaban J connectivity index is 1.33. The lowest BCUT2D eigenvalue weighted by Crippen LogP contribution is -2.53. The van der Waals surface area contributed by atoms with Crippen molar-refractivity contribution in [3.05, 3.63) is 71.5 Å². The molecule has 2 aromatic carbocycles. The van der Waals surface area contributed by atoms with Crippen LogP contribution in [0, 0.1) is 0 Å². The summed E-state index contributed by atoms with van der Waals surface area (Å²) in [5, 5.41) is 0. The summed E-state index contributed by atoms with van der Waals surface area (Å²) >= 11 is 0. The van der Waals surface area contributed by atoms with E-state index in [1.54, 1.807) is 7.11 Å². The maximum absolute atomic E-state index is 13.1. The van der Waals surface area contributed by atoms with Gasteiger partial charge in [0.05, 0.1) is 13.4 Å². The molecular formula is C25H27NO3. The molecule has 0 aromatic heterocycles. The van der Waals surface area contributed by atoms with Gasteiger partial charge in [-0.15, -0.1) is 0 Å². The third kappa shape index (κ3) is 3.21. The van der Waals surface area contributed by atoms with Gasteiger partial charge in [0, 0.05) is 18.0 Å². The van der Waals surface area contributed by atoms with E-state index < -0.39 is 0 Å². The summed E-state index contributed by atoms with van der Waals surface area (Å²) in [5.74, 6) is 0.111. The minimum atomic E-state index is -0.155. The molecule has 2 atom stereocenters. The van der Waals surface area contributed by atoms with Crippen molar-refractivity contribution >= 4 is 6.09 Å². The molecule has 5 rings (SSSR count). The molecule has 4 heteroatoms. The molecule has 0 N–H and O–H groups in total. The molecule has 0 radical (unpaired) electrons. The summed E-state index contributed by atoms with van der Waals surface area (Å²) in [6.45, 7) is 0.392. The first-order valence-electron chi connectivity index (χ1n) is 10.6. The lowest BCUT2D eigenvalue weighted by molar-refractivity contribution is 0.0329. The monoisotopic (exact) mass is 389 g/mol. The first-order valence-corrected chi connectivity index (χ1v) is 10.6. The molecule has 2 fully saturated rings. The van der Waals surface area contributed by atoms with Crippen molar-refractivity contribution in [3.63, 3.8) is 0 Å². The Kier molecular flexibility index (Phi) is 4.78. The lowest BCUT2D eigenvalue weighted by Gasteiger charge is -2.46. The normalized spacial score (nSPS) is 22.7. The second kappa shape index (κ2) is 7.58. The number of methoxy groups -OCH3 is 1. The van der Waals surface area contributed by atoms with Crippen LogP contribution in [0.4, 0.5) is 4.79 Å². The van der Waals surface area contributed by atoms with Crippen molar-refractivity contribution in [2.75, 3.05) is 13.7 Å². The van der Waals surface area contributed by atoms with Crippen LogP contribution in [0.1, 0.15) is 49.1 Å². The zero-order valence-corrected chi connectivity index (χ0v) is 16.8. The largest absolute Gasteiger partial charge is 0.504 e. The Morgan fingerprint density at radius 1 is 1.00 bits per heavy atom. The summed E-state index contributed by atoms with van der Waals surface area (Å²) < 4.78 is 11.2. The minimum absolute atomic E-state index is 0.111. The molecule has 2 saturated heterocycles. The van der Waals surface area contributed by atoms with Gasteiger partial charge >= 0.3 is 6.09 Å². The molecule has 2 unspecified atom stereocenters. The number of carbonyl (C=O) groups is 1. The van der Waals surface area contributed by atoms with E-state index in [0.29, 0.717) is 6.61 Å². The molecule has 1 aliphatic carbocycles. The van der Waals surface area contributed by atoms with Gasteiger partial charge < -0.3 is 14.4 Å². The Morgan fingerprint density at radius 2 is 1.59 bits per heavy atom. The second-order valence-electron chi connectivity index (χ2n) is 8.37. The number of nitrogens with zero attached hydrogens (tertiary/aromatic N) is 1. The van der Waals surface area contributed by atoms with Crippen molar-refractivity contribution < 1.29 is 14.3 Å². The minimum Gasteiger partial charge on any atom is -0.504 e. The third-order valence-corrected chi connectivity index (χ3v) is 6.69. The summed E-state index contributed by atoms with van der Waals surface area (Å²) in [4.78, 5) is 15.1. The van der Waals surface area contributed by atoms with E-state index in [2.05, 4.69) is 48.5 Å². The molecule has 1 amide bonds. The van der Waals surface area contributed by atoms with Crippen LogP contribution in [0.5, 0.6) is 0 Å². The number of ether oxygens (including phenoxy) is 2. The van der Waals surface area contributed by atoms with E-state index in [0.717, 1.165) is 25.7 Å². The zero-order chi connectivity index (χ0) is 19.8. The first-order chi connectivity index (χ1) is 14.3. The van der Waals surface area contributed by atoms with E-state index in [-0.39, 0.29) is 24.1 Å². The number of hydrogen-bond donors (Lipinski definition) is 0. The van der Waals surface area contributed by atoms with Crippen LogP contribution in [0.15, 0.2) is 60.4 Å². The van der Waals surface area contributed by atoms with Gasteiger partial charge in [-0.3, -0.25) is 0 Å². The second-order valence-corrected chi connectivity index (χ2v) is 8.37. The predicted molar refractivity (Wildman–Crippen MR) is 113 cm³/mol. The average molecular weight is 389 g/mol. The highest BCUT2D eigenvalue weighted by molar-refractivity contribution is 5.79. The van der Waals surface area contributed by atoms with Crippen LogP contribution < -0.4 is 0 Å². The van der Waals surface area contributed by atoms with E-state index in [4.69, 9.17) is 9.47 Å². The number of piperidine rings is 2. The lowest BCUT2D eigenvalue weighted by atomic mass is 9.82. The Morgan fingerprint density at radius 3 is 2.17 bits per heavy atom. The van der Waals surface area contributed by atoms with Gasteiger partial charge in [-0.25, -0.2) is 4.79 Å². The van der Waals surface area contributed by atoms with Crippen molar-refractivity contribution in [3.8, 4) is 11.1 Å². The standard InChI is InChI=1S/C25H27NO3/c1-28-15-17-13-18-7-6-8-19(14-17)26(18)25(27)29-16-24-22-11-4-2-9-20(22)21-10-3-5-12-23(21)24/h2-5,9-12,15,18-19,24H,6-8,13-14,16H2,1H3. The van der Waals surface area contributed by atoms with Gasteiger partial charge in [0.1, 0.15) is 6.61 Å². The number of fused-ring (bicyclic) bond motifs is 5. The average Bonchev–Trinajstić information content (AvgIpc) is 3.05. The highest BCUT2D eigenvalue weighted by Crippen LogP contribution is 2.45. The molecule has 0 spiro atoms. The zero-order valence-electron chi connectivity index (χ0n) is 16.8. The molecular weight excluding hydrogens is 362 g/mol. The third-order valence-electron chi connectivity index (χ3n) is 6.69. The van der Waals surface area contributed by atoms with Gasteiger partial charge in [0.2, 0.25) is 0 Å². The van der Waals surface area contributed by atoms with Crippen LogP contribution in [-0.4, -0.2) is 36.8 Å². The maximum atomic E-state index is 13.1. The molecule has 2 heterocycles. The quantitative estimate of drug-likeness (QED) is 0.652. The van der Waals surface area contributed by atoms with Crippen LogP contribution in [0.25, 0.3) is 11.1 Å². The van der Waals surface area contributed by atoms with Gasteiger partial charge in [-0.2, -0.15) is 0 Å². The molecule has 0 saturated carbocycles. The van der Waals surface area contributed by atoms with Crippen molar-refractivity contribution in [1.29, 1.82) is 0 Å². The fourth-order valence-corrected chi connectivity index (χ4v) is 5.48. The Labute approximate surface area is 172 Å². The number of rotatable bonds is 3. The molecule has 29 heavy (non-hydrogen) atoms. The van der Waals surface area contributed by atoms with Crippen LogP contribution in [0.2, 0.25) is 0 Å². The maximum Gasteiger partial charge on any atom is 0.410 e. The molecule has 4 nitrogen and oxygen atoms in total.